The van der Waals surface area contributed by atoms with Crippen LogP contribution in [-0.4, -0.2) is 53.1 Å². The molecule has 4 nitrogen and oxygen atoms in total. The van der Waals surface area contributed by atoms with Gasteiger partial charge in [0.1, 0.15) is 0 Å². The molecule has 2 aromatic carbocycles. The zero-order valence-corrected chi connectivity index (χ0v) is 19.0. The molecule has 4 rings (SSSR count). The average molecular weight is 427 g/mol. The van der Waals surface area contributed by atoms with Gasteiger partial charge in [0.2, 0.25) is 0 Å². The van der Waals surface area contributed by atoms with Gasteiger partial charge in [-0.2, -0.15) is 0 Å². The maximum Gasteiger partial charge on any atom is 0.254 e. The second kappa shape index (κ2) is 8.33. The first kappa shape index (κ1) is 21.4. The van der Waals surface area contributed by atoms with Gasteiger partial charge in [-0.25, -0.2) is 0 Å². The Bertz CT molecular complexity index is 924. The van der Waals surface area contributed by atoms with Crippen molar-refractivity contribution in [3.05, 3.63) is 69.2 Å². The van der Waals surface area contributed by atoms with Crippen LogP contribution in [0.2, 0.25) is 5.02 Å². The predicted molar refractivity (Wildman–Crippen MR) is 121 cm³/mol. The number of carbonyl (C=O) groups excluding carboxylic acids is 1. The Morgan fingerprint density at radius 3 is 2.13 bits per heavy atom. The standard InChI is InChI=1S/C25H31ClN2O2/c1-15-8-9-19(10-22(15)26)24(18(4)29)27-11-20-13-28(14-21(20)12-27)25(30)23-16(2)6-5-7-17(23)3/h5-10,18,20-21,24,29H,11-14H2,1-4H3. The van der Waals surface area contributed by atoms with Crippen LogP contribution in [0.4, 0.5) is 0 Å². The highest BCUT2D eigenvalue weighted by molar-refractivity contribution is 6.31. The number of aryl methyl sites for hydroxylation is 3. The zero-order valence-electron chi connectivity index (χ0n) is 18.2. The van der Waals surface area contributed by atoms with Crippen molar-refractivity contribution >= 4 is 17.5 Å². The van der Waals surface area contributed by atoms with Gasteiger partial charge >= 0.3 is 0 Å². The van der Waals surface area contributed by atoms with Crippen molar-refractivity contribution in [1.82, 2.24) is 9.80 Å². The van der Waals surface area contributed by atoms with E-state index in [0.717, 1.165) is 59.0 Å². The lowest BCUT2D eigenvalue weighted by molar-refractivity contribution is 0.0627. The fourth-order valence-corrected chi connectivity index (χ4v) is 5.51. The third kappa shape index (κ3) is 3.89. The van der Waals surface area contributed by atoms with Gasteiger partial charge in [-0.05, 0) is 67.9 Å². The number of benzene rings is 2. The second-order valence-electron chi connectivity index (χ2n) is 9.15. The highest BCUT2D eigenvalue weighted by Gasteiger charge is 2.44. The summed E-state index contributed by atoms with van der Waals surface area (Å²) in [5.74, 6) is 1.05. The number of fused-ring (bicyclic) bond motifs is 1. The summed E-state index contributed by atoms with van der Waals surface area (Å²) in [6.45, 7) is 11.2. The fraction of sp³-hybridized carbons (Fsp3) is 0.480. The Morgan fingerprint density at radius 1 is 1.00 bits per heavy atom. The highest BCUT2D eigenvalue weighted by Crippen LogP contribution is 2.38. The number of likely N-dealkylation sites (tertiary alicyclic amines) is 2. The Balaban J connectivity index is 1.48. The number of carbonyl (C=O) groups is 1. The van der Waals surface area contributed by atoms with Crippen molar-refractivity contribution in [2.75, 3.05) is 26.2 Å². The third-order valence-electron chi connectivity index (χ3n) is 6.88. The van der Waals surface area contributed by atoms with Crippen LogP contribution in [0.5, 0.6) is 0 Å². The lowest BCUT2D eigenvalue weighted by atomic mass is 9.99. The summed E-state index contributed by atoms with van der Waals surface area (Å²) in [4.78, 5) is 17.6. The van der Waals surface area contributed by atoms with Crippen molar-refractivity contribution in [3.8, 4) is 0 Å². The van der Waals surface area contributed by atoms with E-state index in [2.05, 4.69) is 11.0 Å². The molecule has 4 unspecified atom stereocenters. The summed E-state index contributed by atoms with van der Waals surface area (Å²) in [7, 11) is 0. The smallest absolute Gasteiger partial charge is 0.254 e. The van der Waals surface area contributed by atoms with Gasteiger partial charge in [0.05, 0.1) is 12.1 Å². The van der Waals surface area contributed by atoms with Crippen LogP contribution in [0.15, 0.2) is 36.4 Å². The number of rotatable bonds is 4. The molecule has 4 atom stereocenters. The van der Waals surface area contributed by atoms with Crippen molar-refractivity contribution in [2.45, 2.75) is 39.8 Å². The molecular weight excluding hydrogens is 396 g/mol. The third-order valence-corrected chi connectivity index (χ3v) is 7.29. The maximum absolute atomic E-state index is 13.2. The summed E-state index contributed by atoms with van der Waals surface area (Å²) in [5, 5.41) is 11.3. The molecule has 0 saturated carbocycles. The van der Waals surface area contributed by atoms with E-state index in [0.29, 0.717) is 11.8 Å². The fourth-order valence-electron chi connectivity index (χ4n) is 5.32. The van der Waals surface area contributed by atoms with Crippen molar-refractivity contribution in [3.63, 3.8) is 0 Å². The van der Waals surface area contributed by atoms with Crippen molar-refractivity contribution < 1.29 is 9.90 Å². The second-order valence-corrected chi connectivity index (χ2v) is 9.55. The molecule has 2 aliphatic heterocycles. The van der Waals surface area contributed by atoms with Crippen molar-refractivity contribution in [2.24, 2.45) is 11.8 Å². The van der Waals surface area contributed by atoms with E-state index in [1.54, 1.807) is 0 Å². The number of hydrogen-bond acceptors (Lipinski definition) is 3. The average Bonchev–Trinajstić information content (AvgIpc) is 3.23. The summed E-state index contributed by atoms with van der Waals surface area (Å²) in [6, 6.07) is 12.0. The number of nitrogens with zero attached hydrogens (tertiary/aromatic N) is 2. The first-order chi connectivity index (χ1) is 14.3. The van der Waals surface area contributed by atoms with E-state index >= 15 is 0 Å². The van der Waals surface area contributed by atoms with Crippen LogP contribution in [0, 0.1) is 32.6 Å². The predicted octanol–water partition coefficient (Wildman–Crippen LogP) is 4.39. The summed E-state index contributed by atoms with van der Waals surface area (Å²) >= 11 is 6.36. The molecule has 2 fully saturated rings. The Labute approximate surface area is 184 Å². The molecule has 0 aliphatic carbocycles. The number of amides is 1. The lowest BCUT2D eigenvalue weighted by Gasteiger charge is -2.32. The van der Waals surface area contributed by atoms with E-state index in [1.807, 2.05) is 62.9 Å². The summed E-state index contributed by atoms with van der Waals surface area (Å²) < 4.78 is 0. The normalized spacial score (nSPS) is 23.5. The van der Waals surface area contributed by atoms with E-state index in [-0.39, 0.29) is 11.9 Å². The summed E-state index contributed by atoms with van der Waals surface area (Å²) in [6.07, 6.45) is -0.491. The van der Waals surface area contributed by atoms with Gasteiger partial charge in [0.15, 0.2) is 0 Å². The SMILES string of the molecule is Cc1ccc(C(C(C)O)N2CC3CN(C(=O)c4c(C)cccc4C)CC3C2)cc1Cl. The Morgan fingerprint density at radius 2 is 1.60 bits per heavy atom. The van der Waals surface area contributed by atoms with Crippen molar-refractivity contribution in [1.29, 1.82) is 0 Å². The Hall–Kier alpha value is -1.88. The first-order valence-corrected chi connectivity index (χ1v) is 11.2. The number of halogens is 1. The van der Waals surface area contributed by atoms with Crippen LogP contribution in [0.3, 0.4) is 0 Å². The van der Waals surface area contributed by atoms with Crippen LogP contribution in [0.25, 0.3) is 0 Å². The van der Waals surface area contributed by atoms with Gasteiger partial charge in [-0.15, -0.1) is 0 Å². The molecule has 2 saturated heterocycles. The largest absolute Gasteiger partial charge is 0.391 e. The molecule has 1 amide bonds. The van der Waals surface area contributed by atoms with E-state index in [9.17, 15) is 9.90 Å². The molecule has 1 N–H and O–H groups in total. The molecule has 0 radical (unpaired) electrons. The zero-order chi connectivity index (χ0) is 21.6. The van der Waals surface area contributed by atoms with E-state index < -0.39 is 6.10 Å². The Kier molecular flexibility index (Phi) is 5.93. The highest BCUT2D eigenvalue weighted by atomic mass is 35.5. The van der Waals surface area contributed by atoms with Crippen LogP contribution < -0.4 is 0 Å². The number of aliphatic hydroxyl groups is 1. The minimum Gasteiger partial charge on any atom is -0.391 e. The molecule has 0 aromatic heterocycles. The molecular formula is C25H31ClN2O2. The number of hydrogen-bond donors (Lipinski definition) is 1. The van der Waals surface area contributed by atoms with Gasteiger partial charge < -0.3 is 10.0 Å². The van der Waals surface area contributed by atoms with Gasteiger partial charge in [-0.1, -0.05) is 41.9 Å². The quantitative estimate of drug-likeness (QED) is 0.788. The minimum atomic E-state index is -0.491. The van der Waals surface area contributed by atoms with Gasteiger partial charge in [0.25, 0.3) is 5.91 Å². The van der Waals surface area contributed by atoms with Crippen LogP contribution in [-0.2, 0) is 0 Å². The lowest BCUT2D eigenvalue weighted by Crippen LogP contribution is -2.38. The monoisotopic (exact) mass is 426 g/mol. The topological polar surface area (TPSA) is 43.8 Å². The van der Waals surface area contributed by atoms with E-state index in [1.165, 1.54) is 0 Å². The molecule has 2 heterocycles. The van der Waals surface area contributed by atoms with E-state index in [4.69, 9.17) is 11.6 Å². The molecule has 160 valence electrons. The molecule has 0 bridgehead atoms. The molecule has 2 aliphatic rings. The minimum absolute atomic E-state index is 0.0727. The molecule has 5 heteroatoms. The van der Waals surface area contributed by atoms with Crippen LogP contribution in [0.1, 0.15) is 45.6 Å². The molecule has 0 spiro atoms. The molecule has 2 aromatic rings. The van der Waals surface area contributed by atoms with Gasteiger partial charge in [-0.3, -0.25) is 9.69 Å². The molecule has 30 heavy (non-hydrogen) atoms. The summed E-state index contributed by atoms with van der Waals surface area (Å²) in [5.41, 5.74) is 5.05. The number of aliphatic hydroxyl groups excluding tert-OH is 1. The van der Waals surface area contributed by atoms with Gasteiger partial charge in [0, 0.05) is 36.8 Å². The first-order valence-electron chi connectivity index (χ1n) is 10.8. The maximum atomic E-state index is 13.2. The van der Waals surface area contributed by atoms with Crippen LogP contribution >= 0.6 is 11.6 Å².